The topological polar surface area (TPSA) is 22.1 Å². The largest absolute Gasteiger partial charge is 0.381 e. The molecule has 1 aliphatic heterocycles. The number of hydrogen-bond acceptors (Lipinski definition) is 3. The summed E-state index contributed by atoms with van der Waals surface area (Å²) >= 11 is 1.85. The summed E-state index contributed by atoms with van der Waals surface area (Å²) in [5.41, 5.74) is 0. The van der Waals surface area contributed by atoms with E-state index in [1.54, 1.807) is 0 Å². The highest BCUT2D eigenvalue weighted by Crippen LogP contribution is 2.31. The quantitative estimate of drug-likeness (QED) is 0.727. The van der Waals surface area contributed by atoms with Gasteiger partial charge in [-0.25, -0.2) is 4.98 Å². The lowest BCUT2D eigenvalue weighted by atomic mass is 10.1. The van der Waals surface area contributed by atoms with E-state index in [-0.39, 0.29) is 0 Å². The average Bonchev–Trinajstić information content (AvgIpc) is 2.75. The van der Waals surface area contributed by atoms with Gasteiger partial charge in [-0.15, -0.1) is 11.3 Å². The van der Waals surface area contributed by atoms with Gasteiger partial charge in [-0.1, -0.05) is 13.8 Å². The van der Waals surface area contributed by atoms with Crippen LogP contribution in [0.25, 0.3) is 0 Å². The van der Waals surface area contributed by atoms with Crippen molar-refractivity contribution >= 4 is 11.3 Å². The Hall–Kier alpha value is -0.410. The van der Waals surface area contributed by atoms with E-state index < -0.39 is 0 Å². The number of thiazole rings is 1. The fraction of sp³-hybridized carbons (Fsp3) is 0.700. The lowest BCUT2D eigenvalue weighted by Crippen LogP contribution is -1.95. The van der Waals surface area contributed by atoms with E-state index in [4.69, 9.17) is 4.74 Å². The van der Waals surface area contributed by atoms with E-state index in [1.165, 1.54) is 9.88 Å². The molecule has 0 amide bonds. The van der Waals surface area contributed by atoms with Gasteiger partial charge < -0.3 is 4.74 Å². The van der Waals surface area contributed by atoms with E-state index in [9.17, 15) is 0 Å². The van der Waals surface area contributed by atoms with Crippen molar-refractivity contribution in [2.45, 2.75) is 32.1 Å². The normalized spacial score (nSPS) is 22.8. The average molecular weight is 197 g/mol. The molecule has 1 aromatic rings. The Labute approximate surface area is 83.0 Å². The first-order valence-corrected chi connectivity index (χ1v) is 5.62. The second-order valence-electron chi connectivity index (χ2n) is 3.82. The third kappa shape index (κ3) is 1.92. The van der Waals surface area contributed by atoms with Crippen LogP contribution in [0.1, 0.15) is 42.0 Å². The molecule has 1 aliphatic rings. The minimum absolute atomic E-state index is 0.567. The Morgan fingerprint density at radius 3 is 3.00 bits per heavy atom. The molecule has 0 aliphatic carbocycles. The molecule has 13 heavy (non-hydrogen) atoms. The first-order chi connectivity index (χ1) is 6.27. The monoisotopic (exact) mass is 197 g/mol. The Morgan fingerprint density at radius 1 is 1.62 bits per heavy atom. The van der Waals surface area contributed by atoms with Gasteiger partial charge >= 0.3 is 0 Å². The standard InChI is InChI=1S/C10H15NOS/c1-7(2)9-5-11-10(13-9)8-3-4-12-6-8/h5,7-8H,3-4,6H2,1-2H3. The second kappa shape index (κ2) is 3.76. The molecular formula is C10H15NOS. The molecule has 3 heteroatoms. The van der Waals surface area contributed by atoms with E-state index in [2.05, 4.69) is 18.8 Å². The third-order valence-corrected chi connectivity index (χ3v) is 3.85. The summed E-state index contributed by atoms with van der Waals surface area (Å²) in [6.07, 6.45) is 3.16. The molecule has 2 heterocycles. The molecule has 1 saturated heterocycles. The van der Waals surface area contributed by atoms with E-state index in [1.807, 2.05) is 17.5 Å². The first-order valence-electron chi connectivity index (χ1n) is 4.80. The van der Waals surface area contributed by atoms with Gasteiger partial charge in [0.15, 0.2) is 0 Å². The van der Waals surface area contributed by atoms with Crippen molar-refractivity contribution in [3.63, 3.8) is 0 Å². The van der Waals surface area contributed by atoms with Crippen LogP contribution in [0.5, 0.6) is 0 Å². The summed E-state index contributed by atoms with van der Waals surface area (Å²) in [5, 5.41) is 1.27. The van der Waals surface area contributed by atoms with E-state index in [0.717, 1.165) is 19.6 Å². The van der Waals surface area contributed by atoms with Crippen molar-refractivity contribution in [2.24, 2.45) is 0 Å². The van der Waals surface area contributed by atoms with E-state index >= 15 is 0 Å². The van der Waals surface area contributed by atoms with E-state index in [0.29, 0.717) is 11.8 Å². The summed E-state index contributed by atoms with van der Waals surface area (Å²) in [6.45, 7) is 6.19. The van der Waals surface area contributed by atoms with Crippen molar-refractivity contribution in [3.05, 3.63) is 16.1 Å². The lowest BCUT2D eigenvalue weighted by Gasteiger charge is -2.01. The van der Waals surface area contributed by atoms with Crippen molar-refractivity contribution in [1.29, 1.82) is 0 Å². The Morgan fingerprint density at radius 2 is 2.46 bits per heavy atom. The third-order valence-electron chi connectivity index (χ3n) is 2.39. The predicted molar refractivity (Wildman–Crippen MR) is 54.4 cm³/mol. The van der Waals surface area contributed by atoms with Gasteiger partial charge in [-0.05, 0) is 12.3 Å². The van der Waals surface area contributed by atoms with Crippen LogP contribution in [0.3, 0.4) is 0 Å². The number of aromatic nitrogens is 1. The number of hydrogen-bond donors (Lipinski definition) is 0. The molecule has 2 nitrogen and oxygen atoms in total. The van der Waals surface area contributed by atoms with Gasteiger partial charge in [-0.3, -0.25) is 0 Å². The molecule has 0 radical (unpaired) electrons. The van der Waals surface area contributed by atoms with Crippen molar-refractivity contribution < 1.29 is 4.74 Å². The predicted octanol–water partition coefficient (Wildman–Crippen LogP) is 2.77. The highest BCUT2D eigenvalue weighted by Gasteiger charge is 2.21. The Bertz CT molecular complexity index is 276. The van der Waals surface area contributed by atoms with Gasteiger partial charge in [0.05, 0.1) is 11.6 Å². The van der Waals surface area contributed by atoms with Crippen molar-refractivity contribution in [1.82, 2.24) is 4.98 Å². The van der Waals surface area contributed by atoms with Crippen LogP contribution in [0.4, 0.5) is 0 Å². The molecule has 0 spiro atoms. The number of rotatable bonds is 2. The SMILES string of the molecule is CC(C)c1cnc(C2CCOC2)s1. The maximum atomic E-state index is 5.35. The molecule has 1 atom stereocenters. The maximum Gasteiger partial charge on any atom is 0.0982 e. The van der Waals surface area contributed by atoms with Gasteiger partial charge in [0.1, 0.15) is 0 Å². The van der Waals surface area contributed by atoms with Crippen molar-refractivity contribution in [2.75, 3.05) is 13.2 Å². The van der Waals surface area contributed by atoms with Gasteiger partial charge in [0.2, 0.25) is 0 Å². The van der Waals surface area contributed by atoms with Gasteiger partial charge in [0.25, 0.3) is 0 Å². The zero-order valence-electron chi connectivity index (χ0n) is 8.12. The van der Waals surface area contributed by atoms with Crippen molar-refractivity contribution in [3.8, 4) is 0 Å². The van der Waals surface area contributed by atoms with Crippen LogP contribution in [-0.2, 0) is 4.74 Å². The molecule has 1 unspecified atom stereocenters. The first kappa shape index (κ1) is 9.16. The van der Waals surface area contributed by atoms with Gasteiger partial charge in [0, 0.05) is 23.6 Å². The summed E-state index contributed by atoms with van der Waals surface area (Å²) in [7, 11) is 0. The molecule has 0 saturated carbocycles. The highest BCUT2D eigenvalue weighted by atomic mass is 32.1. The molecule has 0 bridgehead atoms. The van der Waals surface area contributed by atoms with Gasteiger partial charge in [-0.2, -0.15) is 0 Å². The number of nitrogens with zero attached hydrogens (tertiary/aromatic N) is 1. The van der Waals surface area contributed by atoms with Crippen LogP contribution >= 0.6 is 11.3 Å². The smallest absolute Gasteiger partial charge is 0.0982 e. The molecule has 1 aromatic heterocycles. The molecule has 0 aromatic carbocycles. The van der Waals surface area contributed by atoms with Crippen LogP contribution in [0.2, 0.25) is 0 Å². The fourth-order valence-corrected chi connectivity index (χ4v) is 2.53. The Kier molecular flexibility index (Phi) is 2.65. The summed E-state index contributed by atoms with van der Waals surface area (Å²) in [6, 6.07) is 0. The van der Waals surface area contributed by atoms with Crippen LogP contribution in [-0.4, -0.2) is 18.2 Å². The fourth-order valence-electron chi connectivity index (χ4n) is 1.49. The lowest BCUT2D eigenvalue weighted by molar-refractivity contribution is 0.194. The van der Waals surface area contributed by atoms with Crippen LogP contribution in [0, 0.1) is 0 Å². The zero-order valence-corrected chi connectivity index (χ0v) is 8.93. The summed E-state index contributed by atoms with van der Waals surface area (Å²) in [5.74, 6) is 1.17. The molecule has 72 valence electrons. The summed E-state index contributed by atoms with van der Waals surface area (Å²) < 4.78 is 5.35. The minimum atomic E-state index is 0.567. The summed E-state index contributed by atoms with van der Waals surface area (Å²) in [4.78, 5) is 5.85. The number of ether oxygens (including phenoxy) is 1. The van der Waals surface area contributed by atoms with Crippen LogP contribution in [0.15, 0.2) is 6.20 Å². The molecule has 2 rings (SSSR count). The highest BCUT2D eigenvalue weighted by molar-refractivity contribution is 7.11. The minimum Gasteiger partial charge on any atom is -0.381 e. The Balaban J connectivity index is 2.12. The molecule has 0 N–H and O–H groups in total. The van der Waals surface area contributed by atoms with Crippen LogP contribution < -0.4 is 0 Å². The second-order valence-corrected chi connectivity index (χ2v) is 4.91. The molecular weight excluding hydrogens is 182 g/mol. The molecule has 1 fully saturated rings. The maximum absolute atomic E-state index is 5.35. The zero-order chi connectivity index (χ0) is 9.26.